The molecule has 0 saturated heterocycles. The van der Waals surface area contributed by atoms with Gasteiger partial charge in [-0.25, -0.2) is 4.98 Å². The minimum Gasteiger partial charge on any atom is -0.496 e. The molecule has 1 aromatic heterocycles. The Hall–Kier alpha value is -2.19. The van der Waals surface area contributed by atoms with Gasteiger partial charge in [-0.2, -0.15) is 4.98 Å². The van der Waals surface area contributed by atoms with E-state index >= 15 is 0 Å². The minimum absolute atomic E-state index is 0. The Bertz CT molecular complexity index is 988. The monoisotopic (exact) mass is 444 g/mol. The molecule has 28 heavy (non-hydrogen) atoms. The molecule has 0 amide bonds. The van der Waals surface area contributed by atoms with Crippen LogP contribution in [-0.4, -0.2) is 30.8 Å². The molecule has 0 saturated carbocycles. The van der Waals surface area contributed by atoms with E-state index in [1.54, 1.807) is 44.6 Å². The smallest absolute Gasteiger partial charge is 0.222 e. The van der Waals surface area contributed by atoms with Crippen molar-refractivity contribution >= 4 is 58.3 Å². The van der Waals surface area contributed by atoms with Crippen molar-refractivity contribution in [1.82, 2.24) is 9.97 Å². The lowest BCUT2D eigenvalue weighted by Crippen LogP contribution is -2.15. The van der Waals surface area contributed by atoms with E-state index in [0.717, 1.165) is 0 Å². The van der Waals surface area contributed by atoms with Gasteiger partial charge in [-0.15, -0.1) is 12.4 Å². The first-order valence-corrected chi connectivity index (χ1v) is 8.70. The van der Waals surface area contributed by atoms with E-state index in [9.17, 15) is 0 Å². The fourth-order valence-electron chi connectivity index (χ4n) is 2.76. The van der Waals surface area contributed by atoms with Crippen LogP contribution in [0, 0.1) is 0 Å². The highest BCUT2D eigenvalue weighted by Crippen LogP contribution is 2.38. The number of nitrogens with zero attached hydrogens (tertiary/aromatic N) is 2. The Morgan fingerprint density at radius 2 is 1.75 bits per heavy atom. The summed E-state index contributed by atoms with van der Waals surface area (Å²) in [5, 5.41) is 1.32. The van der Waals surface area contributed by atoms with Gasteiger partial charge in [0.05, 0.1) is 34.7 Å². The Balaban J connectivity index is 0.00000280. The first kappa shape index (κ1) is 22.1. The summed E-state index contributed by atoms with van der Waals surface area (Å²) in [6.07, 6.45) is -0.540. The molecule has 0 bridgehead atoms. The zero-order valence-electron chi connectivity index (χ0n) is 15.1. The van der Waals surface area contributed by atoms with Crippen molar-refractivity contribution in [1.29, 1.82) is 0 Å². The number of nitrogens with two attached hydrogens (primary N) is 2. The van der Waals surface area contributed by atoms with E-state index in [1.807, 2.05) is 0 Å². The SMILES string of the molecule is COCC(Oc1cccc2nc(N)nc(N)c12)c1cc(Cl)c(Cl)cc1OC.Cl. The molecule has 4 N–H and O–H groups in total. The molecule has 1 atom stereocenters. The summed E-state index contributed by atoms with van der Waals surface area (Å²) in [6.45, 7) is 0.237. The number of ether oxygens (including phenoxy) is 3. The fourth-order valence-corrected chi connectivity index (χ4v) is 3.09. The number of hydrogen-bond donors (Lipinski definition) is 2. The van der Waals surface area contributed by atoms with Crippen LogP contribution >= 0.6 is 35.6 Å². The molecular weight excluding hydrogens is 427 g/mol. The minimum atomic E-state index is -0.540. The van der Waals surface area contributed by atoms with E-state index in [1.165, 1.54) is 0 Å². The third kappa shape index (κ3) is 4.44. The first-order chi connectivity index (χ1) is 12.9. The van der Waals surface area contributed by atoms with Gasteiger partial charge in [0.25, 0.3) is 0 Å². The van der Waals surface area contributed by atoms with Gasteiger partial charge in [0.1, 0.15) is 17.3 Å². The van der Waals surface area contributed by atoms with Gasteiger partial charge >= 0.3 is 0 Å². The number of rotatable bonds is 6. The van der Waals surface area contributed by atoms with Crippen LogP contribution in [0.25, 0.3) is 10.9 Å². The second-order valence-corrected chi connectivity index (χ2v) is 6.50. The standard InChI is InChI=1S/C18H18Cl2N4O3.ClH/c1-25-8-15(9-6-10(19)11(20)7-14(9)26-2)27-13-5-3-4-12-16(13)17(21)24-18(22)23-12;/h3-7,15H,8H2,1-2H3,(H4,21,22,23,24);1H. The quantitative estimate of drug-likeness (QED) is 0.582. The van der Waals surface area contributed by atoms with Gasteiger partial charge in [-0.05, 0) is 18.2 Å². The number of halogens is 3. The molecule has 1 heterocycles. The third-order valence-electron chi connectivity index (χ3n) is 3.94. The topological polar surface area (TPSA) is 106 Å². The van der Waals surface area contributed by atoms with Gasteiger partial charge in [0.2, 0.25) is 5.95 Å². The number of aromatic nitrogens is 2. The molecular formula is C18H19Cl3N4O3. The molecule has 3 rings (SSSR count). The van der Waals surface area contributed by atoms with Crippen LogP contribution in [-0.2, 0) is 4.74 Å². The maximum atomic E-state index is 6.20. The summed E-state index contributed by atoms with van der Waals surface area (Å²) >= 11 is 12.3. The van der Waals surface area contributed by atoms with Crippen LogP contribution < -0.4 is 20.9 Å². The number of anilines is 2. The predicted octanol–water partition coefficient (Wildman–Crippen LogP) is 4.30. The highest BCUT2D eigenvalue weighted by atomic mass is 35.5. The molecule has 0 radical (unpaired) electrons. The van der Waals surface area contributed by atoms with Gasteiger partial charge in [0.15, 0.2) is 6.10 Å². The molecule has 0 spiro atoms. The lowest BCUT2D eigenvalue weighted by molar-refractivity contribution is 0.0804. The normalized spacial score (nSPS) is 11.7. The van der Waals surface area contributed by atoms with Crippen LogP contribution in [0.2, 0.25) is 10.0 Å². The van der Waals surface area contributed by atoms with Gasteiger partial charge in [-0.3, -0.25) is 0 Å². The highest BCUT2D eigenvalue weighted by molar-refractivity contribution is 6.42. The lowest BCUT2D eigenvalue weighted by Gasteiger charge is -2.22. The maximum Gasteiger partial charge on any atom is 0.222 e. The molecule has 0 aliphatic carbocycles. The molecule has 150 valence electrons. The van der Waals surface area contributed by atoms with Gasteiger partial charge in [0, 0.05) is 18.7 Å². The second-order valence-electron chi connectivity index (χ2n) is 5.69. The average Bonchev–Trinajstić information content (AvgIpc) is 2.62. The predicted molar refractivity (Wildman–Crippen MR) is 114 cm³/mol. The zero-order valence-corrected chi connectivity index (χ0v) is 17.4. The first-order valence-electron chi connectivity index (χ1n) is 7.94. The van der Waals surface area contributed by atoms with Crippen molar-refractivity contribution in [2.24, 2.45) is 0 Å². The average molecular weight is 446 g/mol. The Labute approximate surface area is 178 Å². The summed E-state index contributed by atoms with van der Waals surface area (Å²) in [4.78, 5) is 8.21. The second kappa shape index (κ2) is 9.34. The number of hydrogen-bond acceptors (Lipinski definition) is 7. The summed E-state index contributed by atoms with van der Waals surface area (Å²) in [5.41, 5.74) is 13.0. The highest BCUT2D eigenvalue weighted by Gasteiger charge is 2.22. The molecule has 0 aliphatic rings. The fraction of sp³-hybridized carbons (Fsp3) is 0.222. The van der Waals surface area contributed by atoms with Crippen molar-refractivity contribution < 1.29 is 14.2 Å². The van der Waals surface area contributed by atoms with E-state index in [0.29, 0.717) is 38.0 Å². The van der Waals surface area contributed by atoms with Crippen molar-refractivity contribution in [3.8, 4) is 11.5 Å². The summed E-state index contributed by atoms with van der Waals surface area (Å²) < 4.78 is 17.0. The van der Waals surface area contributed by atoms with Crippen molar-refractivity contribution in [3.05, 3.63) is 45.9 Å². The maximum absolute atomic E-state index is 6.20. The van der Waals surface area contributed by atoms with E-state index < -0.39 is 6.10 Å². The molecule has 2 aromatic carbocycles. The summed E-state index contributed by atoms with van der Waals surface area (Å²) in [6, 6.07) is 8.66. The van der Waals surface area contributed by atoms with Crippen LogP contribution in [0.15, 0.2) is 30.3 Å². The number of fused-ring (bicyclic) bond motifs is 1. The van der Waals surface area contributed by atoms with E-state index in [2.05, 4.69) is 9.97 Å². The molecule has 0 fully saturated rings. The van der Waals surface area contributed by atoms with Crippen LogP contribution in [0.1, 0.15) is 11.7 Å². The summed E-state index contributed by atoms with van der Waals surface area (Å²) in [7, 11) is 3.11. The molecule has 3 aromatic rings. The van der Waals surface area contributed by atoms with E-state index in [4.69, 9.17) is 48.9 Å². The molecule has 7 nitrogen and oxygen atoms in total. The van der Waals surface area contributed by atoms with Crippen molar-refractivity contribution in [2.45, 2.75) is 6.10 Å². The van der Waals surface area contributed by atoms with Crippen molar-refractivity contribution in [3.63, 3.8) is 0 Å². The molecule has 1 unspecified atom stereocenters. The van der Waals surface area contributed by atoms with Crippen LogP contribution in [0.3, 0.4) is 0 Å². The van der Waals surface area contributed by atoms with Crippen LogP contribution in [0.5, 0.6) is 11.5 Å². The zero-order chi connectivity index (χ0) is 19.6. The number of nitrogen functional groups attached to an aromatic ring is 2. The number of benzene rings is 2. The Morgan fingerprint density at radius 1 is 1.04 bits per heavy atom. The van der Waals surface area contributed by atoms with Crippen molar-refractivity contribution in [2.75, 3.05) is 32.3 Å². The molecule has 10 heteroatoms. The molecule has 0 aliphatic heterocycles. The Morgan fingerprint density at radius 3 is 2.43 bits per heavy atom. The van der Waals surface area contributed by atoms with Gasteiger partial charge in [-0.1, -0.05) is 29.3 Å². The summed E-state index contributed by atoms with van der Waals surface area (Å²) in [5.74, 6) is 1.34. The largest absolute Gasteiger partial charge is 0.496 e. The third-order valence-corrected chi connectivity index (χ3v) is 4.66. The lowest BCUT2D eigenvalue weighted by atomic mass is 10.1. The van der Waals surface area contributed by atoms with Gasteiger partial charge < -0.3 is 25.7 Å². The van der Waals surface area contributed by atoms with E-state index in [-0.39, 0.29) is 30.8 Å². The Kier molecular flexibility index (Phi) is 7.37. The number of methoxy groups -OCH3 is 2. The van der Waals surface area contributed by atoms with Crippen LogP contribution in [0.4, 0.5) is 11.8 Å².